The van der Waals surface area contributed by atoms with Gasteiger partial charge in [-0.2, -0.15) is 23.8 Å². The van der Waals surface area contributed by atoms with Crippen LogP contribution in [0.15, 0.2) is 30.7 Å². The molecule has 0 saturated carbocycles. The van der Waals surface area contributed by atoms with Gasteiger partial charge in [-0.3, -0.25) is 0 Å². The van der Waals surface area contributed by atoms with Crippen LogP contribution < -0.4 is 4.90 Å². The number of benzene rings is 1. The fourth-order valence-corrected chi connectivity index (χ4v) is 1.52. The molecule has 0 fully saturated rings. The maximum atomic E-state index is 5.16. The van der Waals surface area contributed by atoms with Gasteiger partial charge in [-0.15, -0.1) is 6.07 Å². The molecule has 0 N–H and O–H groups in total. The first-order valence-corrected chi connectivity index (χ1v) is 5.14. The van der Waals surface area contributed by atoms with E-state index in [0.717, 1.165) is 5.69 Å². The van der Waals surface area contributed by atoms with Gasteiger partial charge < -0.3 is 17.1 Å². The van der Waals surface area contributed by atoms with Crippen molar-refractivity contribution in [2.45, 2.75) is 26.2 Å². The predicted octanol–water partition coefficient (Wildman–Crippen LogP) is 3.50. The third-order valence-electron chi connectivity index (χ3n) is 2.51. The summed E-state index contributed by atoms with van der Waals surface area (Å²) in [5, 5.41) is 0. The SMILES string of the molecule is CC(C)(C)c1cc[c-]c(N2C=COC2)c1.[CH3-].[Rh+2]. The molecule has 0 spiro atoms. The molecular weight excluding hydrogens is 301 g/mol. The molecule has 0 unspecified atom stereocenters. The van der Waals surface area contributed by atoms with Crippen molar-refractivity contribution in [2.75, 3.05) is 11.6 Å². The monoisotopic (exact) mass is 320 g/mol. The van der Waals surface area contributed by atoms with Crippen LogP contribution in [0.25, 0.3) is 0 Å². The van der Waals surface area contributed by atoms with Crippen molar-refractivity contribution in [2.24, 2.45) is 0 Å². The van der Waals surface area contributed by atoms with Gasteiger partial charge in [0.25, 0.3) is 0 Å². The van der Waals surface area contributed by atoms with Crippen molar-refractivity contribution in [3.63, 3.8) is 0 Å². The largest absolute Gasteiger partial charge is 2.00 e. The molecule has 1 aliphatic rings. The van der Waals surface area contributed by atoms with E-state index in [-0.39, 0.29) is 32.3 Å². The molecule has 95 valence electrons. The van der Waals surface area contributed by atoms with Crippen LogP contribution in [0.3, 0.4) is 0 Å². The average molecular weight is 320 g/mol. The fraction of sp³-hybridized carbons (Fsp3) is 0.357. The third-order valence-corrected chi connectivity index (χ3v) is 2.51. The van der Waals surface area contributed by atoms with E-state index >= 15 is 0 Å². The Morgan fingerprint density at radius 2 is 2.06 bits per heavy atom. The van der Waals surface area contributed by atoms with E-state index < -0.39 is 0 Å². The minimum Gasteiger partial charge on any atom is -0.479 e. The molecule has 1 aromatic carbocycles. The van der Waals surface area contributed by atoms with Gasteiger partial charge in [-0.05, 0) is 5.41 Å². The molecule has 0 atom stereocenters. The van der Waals surface area contributed by atoms with Gasteiger partial charge in [0, 0.05) is 6.20 Å². The Labute approximate surface area is 117 Å². The molecule has 3 heteroatoms. The van der Waals surface area contributed by atoms with Crippen molar-refractivity contribution in [1.29, 1.82) is 0 Å². The van der Waals surface area contributed by atoms with E-state index in [9.17, 15) is 0 Å². The topological polar surface area (TPSA) is 12.5 Å². The molecule has 0 amide bonds. The van der Waals surface area contributed by atoms with E-state index in [2.05, 4.69) is 39.0 Å². The van der Waals surface area contributed by atoms with E-state index in [0.29, 0.717) is 6.73 Å². The van der Waals surface area contributed by atoms with E-state index in [1.54, 1.807) is 6.26 Å². The molecule has 1 radical (unpaired) electrons. The Morgan fingerprint density at radius 1 is 1.35 bits per heavy atom. The molecule has 0 bridgehead atoms. The molecule has 17 heavy (non-hydrogen) atoms. The molecule has 2 nitrogen and oxygen atoms in total. The number of hydrogen-bond donors (Lipinski definition) is 0. The van der Waals surface area contributed by atoms with Crippen molar-refractivity contribution in [3.05, 3.63) is 49.7 Å². The summed E-state index contributed by atoms with van der Waals surface area (Å²) in [7, 11) is 0. The van der Waals surface area contributed by atoms with Crippen LogP contribution in [0.4, 0.5) is 5.69 Å². The summed E-state index contributed by atoms with van der Waals surface area (Å²) in [4.78, 5) is 2.04. The van der Waals surface area contributed by atoms with Gasteiger partial charge in [0.15, 0.2) is 6.73 Å². The standard InChI is InChI=1S/C13H16NO.CH3.Rh/c1-13(2,3)11-5-4-6-12(9-11)14-7-8-15-10-14;;/h4-5,7-9H,10H2,1-3H3;1H3;/q2*-1;+2. The molecule has 0 saturated heterocycles. The van der Waals surface area contributed by atoms with Gasteiger partial charge in [0.05, 0.1) is 0 Å². The summed E-state index contributed by atoms with van der Waals surface area (Å²) in [6.45, 7) is 7.22. The molecule has 1 aromatic rings. The normalized spacial score (nSPS) is 13.7. The van der Waals surface area contributed by atoms with Gasteiger partial charge >= 0.3 is 19.5 Å². The Hall–Kier alpha value is -0.817. The smallest absolute Gasteiger partial charge is 0.479 e. The first kappa shape index (κ1) is 16.2. The fourth-order valence-electron chi connectivity index (χ4n) is 1.52. The Bertz CT molecular complexity index is 382. The molecule has 2 rings (SSSR count). The number of anilines is 1. The quantitative estimate of drug-likeness (QED) is 0.580. The van der Waals surface area contributed by atoms with Crippen LogP contribution in [-0.2, 0) is 29.6 Å². The molecule has 1 aliphatic heterocycles. The number of nitrogens with zero attached hydrogens (tertiary/aromatic N) is 1. The maximum absolute atomic E-state index is 5.16. The van der Waals surface area contributed by atoms with Crippen LogP contribution in [-0.4, -0.2) is 6.73 Å². The van der Waals surface area contributed by atoms with Crippen molar-refractivity contribution >= 4 is 5.69 Å². The van der Waals surface area contributed by atoms with Gasteiger partial charge in [-0.25, -0.2) is 0 Å². The molecule has 1 heterocycles. The second-order valence-corrected chi connectivity index (χ2v) is 4.76. The van der Waals surface area contributed by atoms with E-state index in [4.69, 9.17) is 4.74 Å². The van der Waals surface area contributed by atoms with Crippen molar-refractivity contribution < 1.29 is 24.2 Å². The minimum absolute atomic E-state index is 0. The van der Waals surface area contributed by atoms with Crippen molar-refractivity contribution in [3.8, 4) is 0 Å². The zero-order valence-electron chi connectivity index (χ0n) is 10.8. The number of rotatable bonds is 1. The van der Waals surface area contributed by atoms with E-state index in [1.807, 2.05) is 17.2 Å². The molecule has 0 aliphatic carbocycles. The Kier molecular flexibility index (Phi) is 5.91. The summed E-state index contributed by atoms with van der Waals surface area (Å²) in [5.41, 5.74) is 2.56. The van der Waals surface area contributed by atoms with Crippen LogP contribution in [0.5, 0.6) is 0 Å². The summed E-state index contributed by atoms with van der Waals surface area (Å²) >= 11 is 0. The molecule has 0 aromatic heterocycles. The summed E-state index contributed by atoms with van der Waals surface area (Å²) in [6, 6.07) is 9.47. The average Bonchev–Trinajstić information content (AvgIpc) is 2.69. The second kappa shape index (κ2) is 6.21. The van der Waals surface area contributed by atoms with Gasteiger partial charge in [-0.1, -0.05) is 26.5 Å². The maximum Gasteiger partial charge on any atom is 2.00 e. The first-order chi connectivity index (χ1) is 7.07. The minimum atomic E-state index is 0. The first-order valence-electron chi connectivity index (χ1n) is 5.14. The van der Waals surface area contributed by atoms with Crippen molar-refractivity contribution in [1.82, 2.24) is 0 Å². The van der Waals surface area contributed by atoms with Crippen LogP contribution in [0, 0.1) is 13.5 Å². The predicted molar refractivity (Wildman–Crippen MR) is 68.0 cm³/mol. The summed E-state index contributed by atoms with van der Waals surface area (Å²) in [5.74, 6) is 0. The molecular formula is C14H19NORh. The summed E-state index contributed by atoms with van der Waals surface area (Å²) < 4.78 is 5.16. The zero-order valence-corrected chi connectivity index (χ0v) is 12.4. The number of ether oxygens (including phenoxy) is 1. The summed E-state index contributed by atoms with van der Waals surface area (Å²) in [6.07, 6.45) is 3.63. The Morgan fingerprint density at radius 3 is 2.59 bits per heavy atom. The van der Waals surface area contributed by atoms with Gasteiger partial charge in [0.1, 0.15) is 6.26 Å². The second-order valence-electron chi connectivity index (χ2n) is 4.76. The Balaban J connectivity index is 0.00000128. The number of hydrogen-bond acceptors (Lipinski definition) is 2. The van der Waals surface area contributed by atoms with E-state index in [1.165, 1.54) is 5.56 Å². The van der Waals surface area contributed by atoms with Crippen LogP contribution in [0.1, 0.15) is 26.3 Å². The van der Waals surface area contributed by atoms with Gasteiger partial charge in [0.2, 0.25) is 0 Å². The third kappa shape index (κ3) is 3.85. The van der Waals surface area contributed by atoms with Crippen LogP contribution >= 0.6 is 0 Å². The van der Waals surface area contributed by atoms with Crippen LogP contribution in [0.2, 0.25) is 0 Å². The zero-order chi connectivity index (χ0) is 10.9.